The van der Waals surface area contributed by atoms with Gasteiger partial charge >= 0.3 is 6.03 Å². The average Bonchev–Trinajstić information content (AvgIpc) is 3.20. The number of hydrogen-bond acceptors (Lipinski definition) is 3. The Kier molecular flexibility index (Phi) is 6.24. The first kappa shape index (κ1) is 19.1. The Labute approximate surface area is 157 Å². The molecule has 144 valence electrons. The van der Waals surface area contributed by atoms with E-state index in [0.29, 0.717) is 6.54 Å². The number of benzene rings is 2. The number of nitrogens with zero attached hydrogens (tertiary/aromatic N) is 1. The fourth-order valence-electron chi connectivity index (χ4n) is 3.40. The number of para-hydroxylation sites is 2. The molecule has 2 aromatic carbocycles. The lowest BCUT2D eigenvalue weighted by Gasteiger charge is -2.29. The highest BCUT2D eigenvalue weighted by atomic mass is 19.1. The van der Waals surface area contributed by atoms with Crippen molar-refractivity contribution >= 4 is 11.7 Å². The van der Waals surface area contributed by atoms with Crippen LogP contribution in [0.2, 0.25) is 0 Å². The van der Waals surface area contributed by atoms with Crippen LogP contribution < -0.4 is 15.4 Å². The maximum absolute atomic E-state index is 13.7. The van der Waals surface area contributed by atoms with Gasteiger partial charge in [0, 0.05) is 12.1 Å². The minimum absolute atomic E-state index is 0.0835. The van der Waals surface area contributed by atoms with Crippen LogP contribution >= 0.6 is 0 Å². The average molecular weight is 375 g/mol. The van der Waals surface area contributed by atoms with Gasteiger partial charge in [-0.25, -0.2) is 13.6 Å². The summed E-state index contributed by atoms with van der Waals surface area (Å²) in [6.45, 7) is 2.14. The fourth-order valence-corrected chi connectivity index (χ4v) is 3.40. The first-order chi connectivity index (χ1) is 13.1. The quantitative estimate of drug-likeness (QED) is 0.804. The molecule has 1 heterocycles. The largest absolute Gasteiger partial charge is 0.496 e. The molecule has 2 aromatic rings. The van der Waals surface area contributed by atoms with Crippen LogP contribution in [0.1, 0.15) is 24.4 Å². The van der Waals surface area contributed by atoms with Crippen molar-refractivity contribution in [1.29, 1.82) is 0 Å². The summed E-state index contributed by atoms with van der Waals surface area (Å²) in [4.78, 5) is 14.5. The van der Waals surface area contributed by atoms with Crippen molar-refractivity contribution in [2.45, 2.75) is 18.9 Å². The molecule has 0 radical (unpaired) electrons. The van der Waals surface area contributed by atoms with Crippen LogP contribution in [-0.2, 0) is 0 Å². The minimum atomic E-state index is -0.814. The molecule has 0 aliphatic carbocycles. The van der Waals surface area contributed by atoms with Gasteiger partial charge in [-0.15, -0.1) is 0 Å². The van der Waals surface area contributed by atoms with Gasteiger partial charge in [0.1, 0.15) is 23.1 Å². The molecule has 3 rings (SSSR count). The van der Waals surface area contributed by atoms with Gasteiger partial charge in [0.25, 0.3) is 0 Å². The number of likely N-dealkylation sites (tertiary alicyclic amines) is 1. The number of carbonyl (C=O) groups is 1. The SMILES string of the molecule is COc1ccccc1C(CNC(=O)Nc1c(F)cccc1F)N1CCCC1. The van der Waals surface area contributed by atoms with Crippen LogP contribution in [-0.4, -0.2) is 37.7 Å². The molecule has 1 aliphatic rings. The van der Waals surface area contributed by atoms with Crippen molar-refractivity contribution < 1.29 is 18.3 Å². The molecule has 0 spiro atoms. The second-order valence-corrected chi connectivity index (χ2v) is 6.43. The zero-order chi connectivity index (χ0) is 19.2. The molecule has 0 aromatic heterocycles. The monoisotopic (exact) mass is 375 g/mol. The Bertz CT molecular complexity index is 774. The molecule has 2 amide bonds. The van der Waals surface area contributed by atoms with Crippen molar-refractivity contribution in [3.05, 3.63) is 59.7 Å². The summed E-state index contributed by atoms with van der Waals surface area (Å²) in [5.41, 5.74) is 0.518. The molecule has 1 unspecified atom stereocenters. The van der Waals surface area contributed by atoms with Crippen molar-refractivity contribution in [2.24, 2.45) is 0 Å². The van der Waals surface area contributed by atoms with E-state index >= 15 is 0 Å². The molecule has 1 atom stereocenters. The molecular formula is C20H23F2N3O2. The Balaban J connectivity index is 1.72. The number of amides is 2. The third-order valence-corrected chi connectivity index (χ3v) is 4.74. The van der Waals surface area contributed by atoms with Crippen molar-refractivity contribution in [2.75, 3.05) is 32.1 Å². The van der Waals surface area contributed by atoms with E-state index in [1.807, 2.05) is 24.3 Å². The van der Waals surface area contributed by atoms with Crippen molar-refractivity contribution in [1.82, 2.24) is 10.2 Å². The lowest BCUT2D eigenvalue weighted by Crippen LogP contribution is -2.39. The van der Waals surface area contributed by atoms with Gasteiger partial charge in [0.05, 0.1) is 13.2 Å². The number of urea groups is 1. The van der Waals surface area contributed by atoms with E-state index in [-0.39, 0.29) is 6.04 Å². The maximum Gasteiger partial charge on any atom is 0.319 e. The number of anilines is 1. The van der Waals surface area contributed by atoms with Crippen LogP contribution in [0.15, 0.2) is 42.5 Å². The predicted octanol–water partition coefficient (Wildman–Crippen LogP) is 3.93. The molecular weight excluding hydrogens is 352 g/mol. The Morgan fingerprint density at radius 3 is 2.44 bits per heavy atom. The second kappa shape index (κ2) is 8.81. The van der Waals surface area contributed by atoms with E-state index in [1.165, 1.54) is 6.07 Å². The highest BCUT2D eigenvalue weighted by molar-refractivity contribution is 5.89. The maximum atomic E-state index is 13.7. The summed E-state index contributed by atoms with van der Waals surface area (Å²) in [6.07, 6.45) is 2.19. The number of nitrogens with one attached hydrogen (secondary N) is 2. The summed E-state index contributed by atoms with van der Waals surface area (Å²) in [7, 11) is 1.61. The van der Waals surface area contributed by atoms with E-state index in [1.54, 1.807) is 7.11 Å². The molecule has 1 fully saturated rings. The number of halogens is 2. The summed E-state index contributed by atoms with van der Waals surface area (Å²) >= 11 is 0. The van der Waals surface area contributed by atoms with Gasteiger partial charge in [-0.3, -0.25) is 4.90 Å². The predicted molar refractivity (Wildman–Crippen MR) is 99.9 cm³/mol. The molecule has 0 bridgehead atoms. The summed E-state index contributed by atoms with van der Waals surface area (Å²) in [5.74, 6) is -0.881. The summed E-state index contributed by atoms with van der Waals surface area (Å²) < 4.78 is 32.9. The third-order valence-electron chi connectivity index (χ3n) is 4.74. The van der Waals surface area contributed by atoms with E-state index < -0.39 is 23.4 Å². The topological polar surface area (TPSA) is 53.6 Å². The minimum Gasteiger partial charge on any atom is -0.496 e. The molecule has 2 N–H and O–H groups in total. The highest BCUT2D eigenvalue weighted by Gasteiger charge is 2.26. The zero-order valence-electron chi connectivity index (χ0n) is 15.2. The number of hydrogen-bond donors (Lipinski definition) is 2. The summed E-state index contributed by atoms with van der Waals surface area (Å²) in [6, 6.07) is 10.4. The van der Waals surface area contributed by atoms with Gasteiger partial charge in [-0.1, -0.05) is 24.3 Å². The number of ether oxygens (including phenoxy) is 1. The van der Waals surface area contributed by atoms with Crippen LogP contribution in [0.5, 0.6) is 5.75 Å². The molecule has 0 saturated carbocycles. The molecule has 5 nitrogen and oxygen atoms in total. The zero-order valence-corrected chi connectivity index (χ0v) is 15.2. The van der Waals surface area contributed by atoms with Gasteiger partial charge < -0.3 is 15.4 Å². The number of rotatable bonds is 6. The van der Waals surface area contributed by atoms with Gasteiger partial charge in [-0.2, -0.15) is 0 Å². The van der Waals surface area contributed by atoms with E-state index in [9.17, 15) is 13.6 Å². The van der Waals surface area contributed by atoms with Crippen LogP contribution in [0.4, 0.5) is 19.3 Å². The normalized spacial score (nSPS) is 15.4. The first-order valence-electron chi connectivity index (χ1n) is 8.96. The Morgan fingerprint density at radius 1 is 1.11 bits per heavy atom. The first-order valence-corrected chi connectivity index (χ1v) is 8.96. The van der Waals surface area contributed by atoms with E-state index in [2.05, 4.69) is 15.5 Å². The number of methoxy groups -OCH3 is 1. The van der Waals surface area contributed by atoms with Crippen molar-refractivity contribution in [3.63, 3.8) is 0 Å². The van der Waals surface area contributed by atoms with Gasteiger partial charge in [0.2, 0.25) is 0 Å². The van der Waals surface area contributed by atoms with E-state index in [0.717, 1.165) is 49.4 Å². The number of carbonyl (C=O) groups excluding carboxylic acids is 1. The Hall–Kier alpha value is -2.67. The van der Waals surface area contributed by atoms with Gasteiger partial charge in [0.15, 0.2) is 0 Å². The van der Waals surface area contributed by atoms with E-state index in [4.69, 9.17) is 4.74 Å². The molecule has 7 heteroatoms. The lowest BCUT2D eigenvalue weighted by molar-refractivity contribution is 0.224. The van der Waals surface area contributed by atoms with Crippen LogP contribution in [0, 0.1) is 11.6 Å². The molecule has 27 heavy (non-hydrogen) atoms. The fraction of sp³-hybridized carbons (Fsp3) is 0.350. The van der Waals surface area contributed by atoms with Crippen molar-refractivity contribution in [3.8, 4) is 5.75 Å². The second-order valence-electron chi connectivity index (χ2n) is 6.43. The molecule has 1 saturated heterocycles. The third kappa shape index (κ3) is 4.54. The van der Waals surface area contributed by atoms with Gasteiger partial charge in [-0.05, 0) is 44.1 Å². The molecule has 1 aliphatic heterocycles. The summed E-state index contributed by atoms with van der Waals surface area (Å²) in [5, 5.41) is 4.99. The lowest BCUT2D eigenvalue weighted by atomic mass is 10.0. The Morgan fingerprint density at radius 2 is 1.78 bits per heavy atom. The van der Waals surface area contributed by atoms with Crippen LogP contribution in [0.3, 0.4) is 0 Å². The smallest absolute Gasteiger partial charge is 0.319 e. The standard InChI is InChI=1S/C20H23F2N3O2/c1-27-18-10-3-2-7-14(18)17(25-11-4-5-12-25)13-23-20(26)24-19-15(21)8-6-9-16(19)22/h2-3,6-10,17H,4-5,11-13H2,1H3,(H2,23,24,26). The van der Waals surface area contributed by atoms with Crippen LogP contribution in [0.25, 0.3) is 0 Å². The highest BCUT2D eigenvalue weighted by Crippen LogP contribution is 2.31.